The molecule has 1 aromatic heterocycles. The molecule has 2 aromatic carbocycles. The van der Waals surface area contributed by atoms with Gasteiger partial charge >= 0.3 is 6.55 Å². The van der Waals surface area contributed by atoms with Gasteiger partial charge < -0.3 is 0 Å². The lowest BCUT2D eigenvalue weighted by atomic mass is 10.3. The molecule has 0 aliphatic heterocycles. The molecule has 0 spiro atoms. The number of benzene rings is 2. The Labute approximate surface area is 142 Å². The molecule has 9 heteroatoms. The van der Waals surface area contributed by atoms with Gasteiger partial charge in [-0.05, 0) is 24.3 Å². The Balaban J connectivity index is 2.01. The van der Waals surface area contributed by atoms with Crippen LogP contribution in [0.1, 0.15) is 12.4 Å². The van der Waals surface area contributed by atoms with E-state index in [-0.39, 0.29) is 11.3 Å². The van der Waals surface area contributed by atoms with Crippen molar-refractivity contribution in [2.45, 2.75) is 18.0 Å². The summed E-state index contributed by atoms with van der Waals surface area (Å²) in [5, 5.41) is 0. The fraction of sp³-hybridized carbons (Fsp3) is 0.188. The minimum atomic E-state index is -4.19. The number of aromatic nitrogens is 2. The van der Waals surface area contributed by atoms with Gasteiger partial charge in [-0.3, -0.25) is 4.57 Å². The monoisotopic (exact) mass is 369 g/mol. The minimum Gasteiger partial charge on any atom is -0.269 e. The first-order valence-electron chi connectivity index (χ1n) is 7.27. The van der Waals surface area contributed by atoms with E-state index in [1.807, 2.05) is 0 Å². The zero-order valence-electron chi connectivity index (χ0n) is 13.1. The SMILES string of the molecule is CN(Cc1nc2ccccc2n1C(F)F)S(=O)(=O)c1ccccc1F. The van der Waals surface area contributed by atoms with Crippen LogP contribution in [0, 0.1) is 5.82 Å². The maximum absolute atomic E-state index is 13.8. The lowest BCUT2D eigenvalue weighted by Crippen LogP contribution is -2.28. The van der Waals surface area contributed by atoms with Gasteiger partial charge in [0.25, 0.3) is 0 Å². The third kappa shape index (κ3) is 3.12. The molecule has 0 atom stereocenters. The quantitative estimate of drug-likeness (QED) is 0.693. The number of imidazole rings is 1. The molecule has 0 saturated heterocycles. The molecule has 0 amide bonds. The molecular formula is C16H14F3N3O2S. The fourth-order valence-corrected chi connectivity index (χ4v) is 3.72. The summed E-state index contributed by atoms with van der Waals surface area (Å²) >= 11 is 0. The van der Waals surface area contributed by atoms with E-state index in [2.05, 4.69) is 4.98 Å². The molecule has 0 aliphatic rings. The zero-order valence-corrected chi connectivity index (χ0v) is 13.9. The summed E-state index contributed by atoms with van der Waals surface area (Å²) in [6.07, 6.45) is 0. The van der Waals surface area contributed by atoms with E-state index in [0.29, 0.717) is 10.1 Å². The summed E-state index contributed by atoms with van der Waals surface area (Å²) in [5.74, 6) is -1.03. The van der Waals surface area contributed by atoms with Gasteiger partial charge in [0.15, 0.2) is 0 Å². The fourth-order valence-electron chi connectivity index (χ4n) is 2.53. The highest BCUT2D eigenvalue weighted by Gasteiger charge is 2.27. The first-order valence-corrected chi connectivity index (χ1v) is 8.71. The summed E-state index contributed by atoms with van der Waals surface area (Å²) in [7, 11) is -3.00. The number of nitrogens with zero attached hydrogens (tertiary/aromatic N) is 3. The van der Waals surface area contributed by atoms with Crippen LogP contribution in [-0.4, -0.2) is 29.3 Å². The predicted octanol–water partition coefficient (Wildman–Crippen LogP) is 3.39. The normalized spacial score (nSPS) is 12.4. The summed E-state index contributed by atoms with van der Waals surface area (Å²) in [4.78, 5) is 3.57. The van der Waals surface area contributed by atoms with Crippen LogP contribution in [0.2, 0.25) is 0 Å². The third-order valence-corrected chi connectivity index (χ3v) is 5.59. The van der Waals surface area contributed by atoms with Crippen molar-refractivity contribution >= 4 is 21.1 Å². The molecule has 1 heterocycles. The predicted molar refractivity (Wildman–Crippen MR) is 86.0 cm³/mol. The van der Waals surface area contributed by atoms with Crippen LogP contribution in [0.3, 0.4) is 0 Å². The Morgan fingerprint density at radius 2 is 1.76 bits per heavy atom. The number of hydrogen-bond donors (Lipinski definition) is 0. The number of hydrogen-bond acceptors (Lipinski definition) is 3. The Morgan fingerprint density at radius 3 is 2.44 bits per heavy atom. The average Bonchev–Trinajstić information content (AvgIpc) is 2.92. The second-order valence-electron chi connectivity index (χ2n) is 5.36. The Bertz CT molecular complexity index is 1020. The second-order valence-corrected chi connectivity index (χ2v) is 7.37. The molecule has 0 fully saturated rings. The van der Waals surface area contributed by atoms with Crippen LogP contribution in [0.15, 0.2) is 53.4 Å². The molecule has 3 rings (SSSR count). The zero-order chi connectivity index (χ0) is 18.2. The molecule has 0 aliphatic carbocycles. The summed E-state index contributed by atoms with van der Waals surface area (Å²) < 4.78 is 67.1. The van der Waals surface area contributed by atoms with Crippen molar-refractivity contribution in [2.24, 2.45) is 0 Å². The van der Waals surface area contributed by atoms with Crippen molar-refractivity contribution < 1.29 is 21.6 Å². The van der Waals surface area contributed by atoms with Gasteiger partial charge in [-0.2, -0.15) is 13.1 Å². The van der Waals surface area contributed by atoms with Gasteiger partial charge in [0.1, 0.15) is 16.5 Å². The van der Waals surface area contributed by atoms with Gasteiger partial charge in [-0.1, -0.05) is 24.3 Å². The average molecular weight is 369 g/mol. The number of alkyl halides is 2. The standard InChI is InChI=1S/C16H14F3N3O2S/c1-21(25(23,24)14-9-5-2-6-11(14)17)10-15-20-12-7-3-4-8-13(12)22(15)16(18)19/h2-9,16H,10H2,1H3. The first kappa shape index (κ1) is 17.4. The van der Waals surface area contributed by atoms with Crippen molar-refractivity contribution in [3.05, 3.63) is 60.2 Å². The Morgan fingerprint density at radius 1 is 1.12 bits per heavy atom. The van der Waals surface area contributed by atoms with Crippen LogP contribution in [-0.2, 0) is 16.6 Å². The van der Waals surface area contributed by atoms with Gasteiger partial charge in [0.2, 0.25) is 10.0 Å². The number of fused-ring (bicyclic) bond motifs is 1. The van der Waals surface area contributed by atoms with E-state index in [1.165, 1.54) is 25.2 Å². The number of halogens is 3. The smallest absolute Gasteiger partial charge is 0.269 e. The van der Waals surface area contributed by atoms with Crippen molar-refractivity contribution in [3.63, 3.8) is 0 Å². The molecule has 0 bridgehead atoms. The topological polar surface area (TPSA) is 55.2 Å². The van der Waals surface area contributed by atoms with Gasteiger partial charge in [0.05, 0.1) is 17.6 Å². The highest BCUT2D eigenvalue weighted by atomic mass is 32.2. The van der Waals surface area contributed by atoms with Crippen LogP contribution >= 0.6 is 0 Å². The first-order chi connectivity index (χ1) is 11.8. The van der Waals surface area contributed by atoms with Crippen LogP contribution in [0.25, 0.3) is 11.0 Å². The molecule has 25 heavy (non-hydrogen) atoms. The Hall–Kier alpha value is -2.39. The number of sulfonamides is 1. The Kier molecular flexibility index (Phi) is 4.53. The maximum atomic E-state index is 13.8. The second kappa shape index (κ2) is 6.49. The van der Waals surface area contributed by atoms with E-state index in [9.17, 15) is 21.6 Å². The van der Waals surface area contributed by atoms with Gasteiger partial charge in [-0.15, -0.1) is 0 Å². The van der Waals surface area contributed by atoms with E-state index in [1.54, 1.807) is 18.2 Å². The largest absolute Gasteiger partial charge is 0.320 e. The van der Waals surface area contributed by atoms with Crippen molar-refractivity contribution in [3.8, 4) is 0 Å². The molecule has 0 N–H and O–H groups in total. The van der Waals surface area contributed by atoms with E-state index in [0.717, 1.165) is 16.4 Å². The molecular weight excluding hydrogens is 355 g/mol. The molecule has 132 valence electrons. The van der Waals surface area contributed by atoms with Crippen molar-refractivity contribution in [1.82, 2.24) is 13.9 Å². The summed E-state index contributed by atoms with van der Waals surface area (Å²) in [6.45, 7) is -3.30. The molecule has 0 saturated carbocycles. The molecule has 0 radical (unpaired) electrons. The van der Waals surface area contributed by atoms with Crippen LogP contribution < -0.4 is 0 Å². The van der Waals surface area contributed by atoms with Crippen LogP contribution in [0.4, 0.5) is 13.2 Å². The maximum Gasteiger partial charge on any atom is 0.320 e. The number of para-hydroxylation sites is 2. The summed E-state index contributed by atoms with van der Waals surface area (Å²) in [6, 6.07) is 11.2. The molecule has 0 unspecified atom stereocenters. The van der Waals surface area contributed by atoms with E-state index >= 15 is 0 Å². The van der Waals surface area contributed by atoms with Gasteiger partial charge in [0, 0.05) is 7.05 Å². The number of rotatable bonds is 5. The van der Waals surface area contributed by atoms with Crippen LogP contribution in [0.5, 0.6) is 0 Å². The molecule has 3 aromatic rings. The van der Waals surface area contributed by atoms with E-state index in [4.69, 9.17) is 0 Å². The lowest BCUT2D eigenvalue weighted by molar-refractivity contribution is 0.0703. The van der Waals surface area contributed by atoms with Crippen molar-refractivity contribution in [2.75, 3.05) is 7.05 Å². The van der Waals surface area contributed by atoms with E-state index < -0.39 is 33.8 Å². The lowest BCUT2D eigenvalue weighted by Gasteiger charge is -2.18. The minimum absolute atomic E-state index is 0.126. The summed E-state index contributed by atoms with van der Waals surface area (Å²) in [5.41, 5.74) is 0.527. The van der Waals surface area contributed by atoms with Crippen molar-refractivity contribution in [1.29, 1.82) is 0 Å². The van der Waals surface area contributed by atoms with Gasteiger partial charge in [-0.25, -0.2) is 17.8 Å². The highest BCUT2D eigenvalue weighted by molar-refractivity contribution is 7.89. The molecule has 5 nitrogen and oxygen atoms in total. The highest BCUT2D eigenvalue weighted by Crippen LogP contribution is 2.25. The third-order valence-electron chi connectivity index (χ3n) is 3.75.